The molecule has 1 aliphatic rings. The summed E-state index contributed by atoms with van der Waals surface area (Å²) in [5, 5.41) is 4.93. The molecular weight excluding hydrogens is 374 g/mol. The first-order chi connectivity index (χ1) is 11.0. The predicted octanol–water partition coefficient (Wildman–Crippen LogP) is 5.58. The van der Waals surface area contributed by atoms with Crippen LogP contribution in [0.25, 0.3) is 0 Å². The Morgan fingerprint density at radius 3 is 2.61 bits per heavy atom. The number of nitrogens with one attached hydrogen (secondary N) is 1. The van der Waals surface area contributed by atoms with E-state index in [0.29, 0.717) is 15.2 Å². The van der Waals surface area contributed by atoms with E-state index < -0.39 is 0 Å². The van der Waals surface area contributed by atoms with Crippen LogP contribution in [-0.4, -0.2) is 22.3 Å². The molecule has 0 aromatic heterocycles. The van der Waals surface area contributed by atoms with Gasteiger partial charge < -0.3 is 10.2 Å². The summed E-state index contributed by atoms with van der Waals surface area (Å²) in [6, 6.07) is 11.8. The van der Waals surface area contributed by atoms with Crippen LogP contribution in [0.5, 0.6) is 0 Å². The fourth-order valence-corrected chi connectivity index (χ4v) is 4.29. The second kappa shape index (κ2) is 7.26. The van der Waals surface area contributed by atoms with E-state index in [1.165, 1.54) is 12.1 Å². The number of thiocarbonyl (C=S) groups is 1. The molecule has 0 unspecified atom stereocenters. The molecule has 0 amide bonds. The molecule has 7 heteroatoms. The molecule has 0 bridgehead atoms. The Balaban J connectivity index is 1.76. The van der Waals surface area contributed by atoms with Crippen molar-refractivity contribution in [3.8, 4) is 0 Å². The van der Waals surface area contributed by atoms with Crippen molar-refractivity contribution in [2.45, 2.75) is 5.37 Å². The summed E-state index contributed by atoms with van der Waals surface area (Å²) in [6.45, 7) is 0.836. The van der Waals surface area contributed by atoms with E-state index in [0.717, 1.165) is 23.5 Å². The first-order valence-electron chi connectivity index (χ1n) is 6.94. The molecule has 2 nitrogen and oxygen atoms in total. The molecule has 2 aromatic carbocycles. The number of benzene rings is 2. The number of hydrogen-bond acceptors (Lipinski definition) is 2. The van der Waals surface area contributed by atoms with Gasteiger partial charge in [0.15, 0.2) is 5.11 Å². The van der Waals surface area contributed by atoms with Crippen LogP contribution in [0.3, 0.4) is 0 Å². The van der Waals surface area contributed by atoms with Gasteiger partial charge in [0, 0.05) is 18.0 Å². The zero-order valence-electron chi connectivity index (χ0n) is 11.9. The topological polar surface area (TPSA) is 15.3 Å². The zero-order chi connectivity index (χ0) is 16.4. The normalized spacial score (nSPS) is 17.3. The third-order valence-electron chi connectivity index (χ3n) is 3.48. The molecule has 0 radical (unpaired) electrons. The summed E-state index contributed by atoms with van der Waals surface area (Å²) in [4.78, 5) is 2.10. The highest BCUT2D eigenvalue weighted by molar-refractivity contribution is 7.99. The highest BCUT2D eigenvalue weighted by Crippen LogP contribution is 2.40. The molecule has 0 saturated carbocycles. The van der Waals surface area contributed by atoms with Crippen LogP contribution in [0.4, 0.5) is 10.1 Å². The lowest BCUT2D eigenvalue weighted by Gasteiger charge is -2.27. The Labute approximate surface area is 154 Å². The third kappa shape index (κ3) is 3.91. The minimum Gasteiger partial charge on any atom is -0.333 e. The van der Waals surface area contributed by atoms with E-state index in [9.17, 15) is 4.39 Å². The van der Waals surface area contributed by atoms with E-state index in [4.69, 9.17) is 35.4 Å². The average Bonchev–Trinajstić information content (AvgIpc) is 3.02. The van der Waals surface area contributed by atoms with Crippen LogP contribution < -0.4 is 5.32 Å². The Morgan fingerprint density at radius 1 is 1.17 bits per heavy atom. The van der Waals surface area contributed by atoms with Crippen molar-refractivity contribution in [1.82, 2.24) is 4.90 Å². The van der Waals surface area contributed by atoms with E-state index >= 15 is 0 Å². The smallest absolute Gasteiger partial charge is 0.174 e. The Bertz CT molecular complexity index is 725. The van der Waals surface area contributed by atoms with Gasteiger partial charge in [0.2, 0.25) is 0 Å². The predicted molar refractivity (Wildman–Crippen MR) is 101 cm³/mol. The van der Waals surface area contributed by atoms with Crippen LogP contribution in [0, 0.1) is 5.82 Å². The number of thioether (sulfide) groups is 1. The lowest BCUT2D eigenvalue weighted by Crippen LogP contribution is -2.34. The minimum absolute atomic E-state index is 0.0882. The van der Waals surface area contributed by atoms with Gasteiger partial charge in [-0.3, -0.25) is 0 Å². The largest absolute Gasteiger partial charge is 0.333 e. The van der Waals surface area contributed by atoms with Crippen molar-refractivity contribution in [3.05, 3.63) is 63.9 Å². The second-order valence-corrected chi connectivity index (χ2v) is 7.42. The van der Waals surface area contributed by atoms with Crippen molar-refractivity contribution >= 4 is 58.0 Å². The Kier molecular flexibility index (Phi) is 5.31. The van der Waals surface area contributed by atoms with Crippen LogP contribution in [0.1, 0.15) is 10.9 Å². The van der Waals surface area contributed by atoms with Gasteiger partial charge in [-0.1, -0.05) is 29.3 Å². The molecule has 1 saturated heterocycles. The number of halogens is 3. The van der Waals surface area contributed by atoms with E-state index in [2.05, 4.69) is 10.2 Å². The fraction of sp³-hybridized carbons (Fsp3) is 0.188. The van der Waals surface area contributed by atoms with Crippen molar-refractivity contribution in [1.29, 1.82) is 0 Å². The molecule has 3 rings (SSSR count). The molecule has 0 spiro atoms. The zero-order valence-corrected chi connectivity index (χ0v) is 15.1. The number of nitrogens with zero attached hydrogens (tertiary/aromatic N) is 1. The number of hydrogen-bond donors (Lipinski definition) is 1. The standard InChI is InChI=1S/C16H13Cl2FN2S2/c17-13-6-1-10(9-14(13)18)15-21(7-8-23-15)16(22)20-12-4-2-11(19)3-5-12/h1-6,9,15H,7-8H2,(H,20,22)/t15-/m0/s1. The maximum Gasteiger partial charge on any atom is 0.174 e. The van der Waals surface area contributed by atoms with Gasteiger partial charge in [0.05, 0.1) is 10.0 Å². The highest BCUT2D eigenvalue weighted by atomic mass is 35.5. The fourth-order valence-electron chi connectivity index (χ4n) is 2.35. The molecule has 1 N–H and O–H groups in total. The summed E-state index contributed by atoms with van der Waals surface area (Å²) in [5.74, 6) is 0.697. The highest BCUT2D eigenvalue weighted by Gasteiger charge is 2.29. The SMILES string of the molecule is Fc1ccc(NC(=S)N2CCS[C@H]2c2ccc(Cl)c(Cl)c2)cc1. The van der Waals surface area contributed by atoms with E-state index in [-0.39, 0.29) is 11.2 Å². The first-order valence-corrected chi connectivity index (χ1v) is 9.15. The number of rotatable bonds is 2. The van der Waals surface area contributed by atoms with Crippen LogP contribution in [0.15, 0.2) is 42.5 Å². The average molecular weight is 387 g/mol. The summed E-state index contributed by atoms with van der Waals surface area (Å²) < 4.78 is 13.0. The molecule has 1 fully saturated rings. The monoisotopic (exact) mass is 386 g/mol. The van der Waals surface area contributed by atoms with Crippen molar-refractivity contribution in [2.24, 2.45) is 0 Å². The summed E-state index contributed by atoms with van der Waals surface area (Å²) >= 11 is 19.4. The van der Waals surface area contributed by atoms with Crippen molar-refractivity contribution in [2.75, 3.05) is 17.6 Å². The minimum atomic E-state index is -0.271. The van der Waals surface area contributed by atoms with Gasteiger partial charge in [0.25, 0.3) is 0 Å². The maximum atomic E-state index is 13.0. The van der Waals surface area contributed by atoms with E-state index in [1.54, 1.807) is 30.0 Å². The van der Waals surface area contributed by atoms with Crippen molar-refractivity contribution < 1.29 is 4.39 Å². The van der Waals surface area contributed by atoms with Gasteiger partial charge in [-0.25, -0.2) is 4.39 Å². The number of anilines is 1. The van der Waals surface area contributed by atoms with Gasteiger partial charge in [-0.15, -0.1) is 11.8 Å². The van der Waals surface area contributed by atoms with Gasteiger partial charge in [-0.2, -0.15) is 0 Å². The summed E-state index contributed by atoms with van der Waals surface area (Å²) in [7, 11) is 0. The maximum absolute atomic E-state index is 13.0. The molecule has 0 aliphatic carbocycles. The molecule has 1 atom stereocenters. The Morgan fingerprint density at radius 2 is 1.91 bits per heavy atom. The van der Waals surface area contributed by atoms with Crippen molar-refractivity contribution in [3.63, 3.8) is 0 Å². The molecule has 2 aromatic rings. The van der Waals surface area contributed by atoms with E-state index in [1.807, 2.05) is 12.1 Å². The second-order valence-electron chi connectivity index (χ2n) is 5.03. The van der Waals surface area contributed by atoms with Gasteiger partial charge in [-0.05, 0) is 54.2 Å². The van der Waals surface area contributed by atoms with Gasteiger partial charge in [0.1, 0.15) is 11.2 Å². The lowest BCUT2D eigenvalue weighted by atomic mass is 10.2. The van der Waals surface area contributed by atoms with Crippen LogP contribution in [0.2, 0.25) is 10.0 Å². The third-order valence-corrected chi connectivity index (χ3v) is 5.81. The lowest BCUT2D eigenvalue weighted by molar-refractivity contribution is 0.458. The first kappa shape index (κ1) is 16.8. The Hall–Kier alpha value is -1.01. The van der Waals surface area contributed by atoms with Gasteiger partial charge >= 0.3 is 0 Å². The summed E-state index contributed by atoms with van der Waals surface area (Å²) in [6.07, 6.45) is 0. The quantitative estimate of drug-likeness (QED) is 0.677. The molecular formula is C16H13Cl2FN2S2. The summed E-state index contributed by atoms with van der Waals surface area (Å²) in [5.41, 5.74) is 1.83. The molecule has 1 heterocycles. The molecule has 1 aliphatic heterocycles. The molecule has 120 valence electrons. The molecule has 23 heavy (non-hydrogen) atoms. The van der Waals surface area contributed by atoms with Crippen LogP contribution in [-0.2, 0) is 0 Å². The van der Waals surface area contributed by atoms with Crippen LogP contribution >= 0.6 is 47.2 Å².